The van der Waals surface area contributed by atoms with Crippen LogP contribution in [0.5, 0.6) is 0 Å². The van der Waals surface area contributed by atoms with Gasteiger partial charge < -0.3 is 0 Å². The van der Waals surface area contributed by atoms with Crippen molar-refractivity contribution in [3.05, 3.63) is 102 Å². The molecule has 0 aromatic heterocycles. The Morgan fingerprint density at radius 2 is 1.38 bits per heavy atom. The lowest BCUT2D eigenvalue weighted by Crippen LogP contribution is -2.08. The molecular weight excluding hydrogens is 252 g/mol. The molecule has 3 aromatic carbocycles. The quantitative estimate of drug-likeness (QED) is 0.542. The fourth-order valence-corrected chi connectivity index (χ4v) is 3.29. The van der Waals surface area contributed by atoms with Crippen LogP contribution in [0, 0.1) is 0 Å². The molecule has 0 nitrogen and oxygen atoms in total. The molecule has 0 saturated heterocycles. The summed E-state index contributed by atoms with van der Waals surface area (Å²) in [5.74, 6) is 0.247. The predicted octanol–water partition coefficient (Wildman–Crippen LogP) is 5.55. The van der Waals surface area contributed by atoms with E-state index < -0.39 is 0 Å². The van der Waals surface area contributed by atoms with E-state index in [2.05, 4.69) is 85.5 Å². The summed E-state index contributed by atoms with van der Waals surface area (Å²) in [6.45, 7) is 4.29. The van der Waals surface area contributed by atoms with Crippen molar-refractivity contribution in [3.63, 3.8) is 0 Å². The Bertz CT molecular complexity index is 863. The van der Waals surface area contributed by atoms with Crippen LogP contribution in [-0.4, -0.2) is 0 Å². The van der Waals surface area contributed by atoms with Gasteiger partial charge in [0.05, 0.1) is 0 Å². The molecule has 0 amide bonds. The normalized spacial score (nSPS) is 17.0. The second kappa shape index (κ2) is 4.75. The fraction of sp³-hybridized carbons (Fsp3) is 0.0476. The molecule has 0 heterocycles. The summed E-state index contributed by atoms with van der Waals surface area (Å²) in [4.78, 5) is 0. The first-order valence-electron chi connectivity index (χ1n) is 7.28. The fourth-order valence-electron chi connectivity index (χ4n) is 3.29. The highest BCUT2D eigenvalue weighted by atomic mass is 14.3. The molecular formula is C21H16. The van der Waals surface area contributed by atoms with Gasteiger partial charge in [-0.3, -0.25) is 0 Å². The van der Waals surface area contributed by atoms with Gasteiger partial charge in [-0.1, -0.05) is 85.5 Å². The average Bonchev–Trinajstić information content (AvgIpc) is 2.54. The highest BCUT2D eigenvalue weighted by molar-refractivity contribution is 5.87. The monoisotopic (exact) mass is 268 g/mol. The second-order valence-electron chi connectivity index (χ2n) is 5.54. The van der Waals surface area contributed by atoms with E-state index >= 15 is 0 Å². The maximum atomic E-state index is 4.29. The molecule has 100 valence electrons. The summed E-state index contributed by atoms with van der Waals surface area (Å²) >= 11 is 0. The van der Waals surface area contributed by atoms with Crippen LogP contribution in [0.3, 0.4) is 0 Å². The van der Waals surface area contributed by atoms with Gasteiger partial charge >= 0.3 is 0 Å². The standard InChI is InChI=1S/C21H16/c1-15-13-14-17-8-3-5-11-19(17)21(15)20-12-6-9-16-7-2-4-10-18(16)20/h2-14,21H,1H2. The van der Waals surface area contributed by atoms with E-state index in [0.29, 0.717) is 0 Å². The molecule has 4 rings (SSSR count). The smallest absolute Gasteiger partial charge is 0.0346 e. The van der Waals surface area contributed by atoms with Gasteiger partial charge in [0.25, 0.3) is 0 Å². The van der Waals surface area contributed by atoms with Crippen LogP contribution in [0.25, 0.3) is 16.8 Å². The third-order valence-electron chi connectivity index (χ3n) is 4.29. The molecule has 0 N–H and O–H groups in total. The molecule has 3 aromatic rings. The molecule has 0 aliphatic heterocycles. The van der Waals surface area contributed by atoms with Crippen molar-refractivity contribution in [1.29, 1.82) is 0 Å². The van der Waals surface area contributed by atoms with Crippen molar-refractivity contribution in [1.82, 2.24) is 0 Å². The largest absolute Gasteiger partial charge is 0.0949 e. The lowest BCUT2D eigenvalue weighted by Gasteiger charge is -2.25. The van der Waals surface area contributed by atoms with Gasteiger partial charge in [-0.15, -0.1) is 0 Å². The molecule has 0 bridgehead atoms. The Kier molecular flexibility index (Phi) is 2.75. The molecule has 1 atom stereocenters. The Morgan fingerprint density at radius 3 is 2.33 bits per heavy atom. The van der Waals surface area contributed by atoms with Crippen LogP contribution < -0.4 is 0 Å². The first-order valence-corrected chi connectivity index (χ1v) is 7.28. The van der Waals surface area contributed by atoms with Gasteiger partial charge in [0.15, 0.2) is 0 Å². The summed E-state index contributed by atoms with van der Waals surface area (Å²) in [7, 11) is 0. The van der Waals surface area contributed by atoms with E-state index in [4.69, 9.17) is 0 Å². The molecule has 21 heavy (non-hydrogen) atoms. The molecule has 0 saturated carbocycles. The van der Waals surface area contributed by atoms with Gasteiger partial charge in [-0.2, -0.15) is 0 Å². The van der Waals surface area contributed by atoms with Crippen LogP contribution in [0.2, 0.25) is 0 Å². The van der Waals surface area contributed by atoms with E-state index in [1.165, 1.54) is 27.5 Å². The second-order valence-corrected chi connectivity index (χ2v) is 5.54. The van der Waals surface area contributed by atoms with Gasteiger partial charge in [0.1, 0.15) is 0 Å². The third kappa shape index (κ3) is 1.92. The Balaban J connectivity index is 2.00. The summed E-state index contributed by atoms with van der Waals surface area (Å²) in [5, 5.41) is 2.60. The molecule has 1 aliphatic carbocycles. The van der Waals surface area contributed by atoms with Crippen molar-refractivity contribution in [3.8, 4) is 0 Å². The minimum Gasteiger partial charge on any atom is -0.0949 e. The minimum atomic E-state index is 0.247. The number of benzene rings is 3. The molecule has 0 heteroatoms. The lowest BCUT2D eigenvalue weighted by molar-refractivity contribution is 0.981. The summed E-state index contributed by atoms with van der Waals surface area (Å²) in [6, 6.07) is 23.7. The predicted molar refractivity (Wildman–Crippen MR) is 90.4 cm³/mol. The SMILES string of the molecule is C=C1C=Cc2ccccc2C1c1cccc2ccccc12. The van der Waals surface area contributed by atoms with Crippen LogP contribution >= 0.6 is 0 Å². The van der Waals surface area contributed by atoms with Crippen LogP contribution in [-0.2, 0) is 0 Å². The van der Waals surface area contributed by atoms with E-state index in [0.717, 1.165) is 5.57 Å². The Labute approximate surface area is 125 Å². The van der Waals surface area contributed by atoms with Crippen molar-refractivity contribution in [2.75, 3.05) is 0 Å². The number of fused-ring (bicyclic) bond motifs is 2. The van der Waals surface area contributed by atoms with Gasteiger partial charge in [-0.05, 0) is 33.0 Å². The molecule has 1 unspecified atom stereocenters. The van der Waals surface area contributed by atoms with Crippen LogP contribution in [0.15, 0.2) is 85.0 Å². The zero-order valence-electron chi connectivity index (χ0n) is 11.8. The van der Waals surface area contributed by atoms with Gasteiger partial charge in [-0.25, -0.2) is 0 Å². The van der Waals surface area contributed by atoms with E-state index in [-0.39, 0.29) is 5.92 Å². The minimum absolute atomic E-state index is 0.247. The highest BCUT2D eigenvalue weighted by Crippen LogP contribution is 2.40. The zero-order chi connectivity index (χ0) is 14.2. The average molecular weight is 268 g/mol. The molecule has 0 fully saturated rings. The molecule has 0 radical (unpaired) electrons. The van der Waals surface area contributed by atoms with Crippen molar-refractivity contribution in [2.45, 2.75) is 5.92 Å². The third-order valence-corrected chi connectivity index (χ3v) is 4.29. The Morgan fingerprint density at radius 1 is 0.667 bits per heavy atom. The summed E-state index contributed by atoms with van der Waals surface area (Å²) in [5.41, 5.74) is 5.14. The van der Waals surface area contributed by atoms with E-state index in [9.17, 15) is 0 Å². The van der Waals surface area contributed by atoms with Crippen molar-refractivity contribution < 1.29 is 0 Å². The molecule has 1 aliphatic rings. The number of rotatable bonds is 1. The maximum Gasteiger partial charge on any atom is 0.0346 e. The first-order chi connectivity index (χ1) is 10.3. The number of hydrogen-bond donors (Lipinski definition) is 0. The first kappa shape index (κ1) is 12.2. The molecule has 0 spiro atoms. The van der Waals surface area contributed by atoms with Crippen molar-refractivity contribution >= 4 is 16.8 Å². The number of allylic oxidation sites excluding steroid dienone is 2. The summed E-state index contributed by atoms with van der Waals surface area (Å²) in [6.07, 6.45) is 4.31. The number of hydrogen-bond acceptors (Lipinski definition) is 0. The Hall–Kier alpha value is -2.60. The van der Waals surface area contributed by atoms with E-state index in [1.54, 1.807) is 0 Å². The highest BCUT2D eigenvalue weighted by Gasteiger charge is 2.22. The van der Waals surface area contributed by atoms with E-state index in [1.807, 2.05) is 0 Å². The zero-order valence-corrected chi connectivity index (χ0v) is 11.8. The maximum absolute atomic E-state index is 4.29. The van der Waals surface area contributed by atoms with Crippen LogP contribution in [0.1, 0.15) is 22.6 Å². The summed E-state index contributed by atoms with van der Waals surface area (Å²) < 4.78 is 0. The van der Waals surface area contributed by atoms with Gasteiger partial charge in [0, 0.05) is 5.92 Å². The van der Waals surface area contributed by atoms with Crippen molar-refractivity contribution in [2.24, 2.45) is 0 Å². The lowest BCUT2D eigenvalue weighted by atomic mass is 9.78. The van der Waals surface area contributed by atoms with Crippen LogP contribution in [0.4, 0.5) is 0 Å². The topological polar surface area (TPSA) is 0 Å². The van der Waals surface area contributed by atoms with Gasteiger partial charge in [0.2, 0.25) is 0 Å².